The van der Waals surface area contributed by atoms with Crippen molar-refractivity contribution in [2.24, 2.45) is 5.73 Å². The van der Waals surface area contributed by atoms with Crippen molar-refractivity contribution in [2.75, 3.05) is 0 Å². The van der Waals surface area contributed by atoms with Gasteiger partial charge in [-0.05, 0) is 37.6 Å². The minimum atomic E-state index is -0.222. The summed E-state index contributed by atoms with van der Waals surface area (Å²) in [7, 11) is 0. The lowest BCUT2D eigenvalue weighted by Crippen LogP contribution is -2.21. The molecular formula is C14H17FN2S. The third-order valence-electron chi connectivity index (χ3n) is 2.92. The van der Waals surface area contributed by atoms with Gasteiger partial charge in [0.15, 0.2) is 0 Å². The Morgan fingerprint density at radius 1 is 1.33 bits per heavy atom. The third-order valence-corrected chi connectivity index (χ3v) is 3.91. The van der Waals surface area contributed by atoms with E-state index in [0.29, 0.717) is 0 Å². The zero-order valence-corrected chi connectivity index (χ0v) is 11.4. The molecule has 18 heavy (non-hydrogen) atoms. The Kier molecular flexibility index (Phi) is 4.09. The first-order chi connectivity index (χ1) is 8.60. The average Bonchev–Trinajstić information content (AvgIpc) is 2.71. The van der Waals surface area contributed by atoms with Crippen LogP contribution in [0, 0.1) is 12.7 Å². The Hall–Kier alpha value is -1.26. The number of aromatic nitrogens is 1. The molecule has 1 aromatic carbocycles. The Morgan fingerprint density at radius 2 is 2.00 bits per heavy atom. The summed E-state index contributed by atoms with van der Waals surface area (Å²) < 4.78 is 12.9. The summed E-state index contributed by atoms with van der Waals surface area (Å²) in [5, 5.41) is 1.06. The van der Waals surface area contributed by atoms with Gasteiger partial charge in [0.25, 0.3) is 0 Å². The summed E-state index contributed by atoms with van der Waals surface area (Å²) in [6.07, 6.45) is 1.76. The minimum Gasteiger partial charge on any atom is -0.327 e. The van der Waals surface area contributed by atoms with E-state index in [1.165, 1.54) is 12.1 Å². The number of thiazole rings is 1. The first-order valence-corrected chi connectivity index (χ1v) is 6.89. The van der Waals surface area contributed by atoms with Crippen LogP contribution in [-0.4, -0.2) is 11.0 Å². The zero-order chi connectivity index (χ0) is 13.1. The molecule has 0 saturated heterocycles. The Bertz CT molecular complexity index is 519. The number of halogens is 1. The highest BCUT2D eigenvalue weighted by Crippen LogP contribution is 2.28. The number of aryl methyl sites for hydroxylation is 1. The van der Waals surface area contributed by atoms with Crippen LogP contribution in [0.4, 0.5) is 4.39 Å². The van der Waals surface area contributed by atoms with Crippen LogP contribution in [0.25, 0.3) is 11.3 Å². The lowest BCUT2D eigenvalue weighted by molar-refractivity contribution is 0.628. The fourth-order valence-corrected chi connectivity index (χ4v) is 2.83. The van der Waals surface area contributed by atoms with Crippen molar-refractivity contribution < 1.29 is 4.39 Å². The van der Waals surface area contributed by atoms with Crippen LogP contribution in [0.3, 0.4) is 0 Å². The lowest BCUT2D eigenvalue weighted by atomic mass is 10.1. The van der Waals surface area contributed by atoms with Gasteiger partial charge in [-0.25, -0.2) is 9.37 Å². The Morgan fingerprint density at radius 3 is 2.61 bits per heavy atom. The quantitative estimate of drug-likeness (QED) is 0.917. The van der Waals surface area contributed by atoms with E-state index in [2.05, 4.69) is 11.9 Å². The molecule has 0 aliphatic rings. The maximum Gasteiger partial charge on any atom is 0.123 e. The number of nitrogens with two attached hydrogens (primary N) is 1. The smallest absolute Gasteiger partial charge is 0.123 e. The van der Waals surface area contributed by atoms with Crippen molar-refractivity contribution in [2.45, 2.75) is 32.7 Å². The van der Waals surface area contributed by atoms with E-state index >= 15 is 0 Å². The van der Waals surface area contributed by atoms with E-state index in [-0.39, 0.29) is 11.9 Å². The second kappa shape index (κ2) is 5.59. The molecule has 1 aromatic heterocycles. The van der Waals surface area contributed by atoms with Crippen LogP contribution in [0.1, 0.15) is 23.2 Å². The maximum atomic E-state index is 12.9. The molecule has 0 fully saturated rings. The van der Waals surface area contributed by atoms with E-state index < -0.39 is 0 Å². The molecule has 0 spiro atoms. The maximum absolute atomic E-state index is 12.9. The largest absolute Gasteiger partial charge is 0.327 e. The van der Waals surface area contributed by atoms with Gasteiger partial charge in [-0.2, -0.15) is 0 Å². The molecule has 0 aliphatic heterocycles. The highest BCUT2D eigenvalue weighted by atomic mass is 32.1. The molecule has 1 heterocycles. The SMILES string of the molecule is CCC(N)Cc1nc(-c2ccc(F)cc2)c(C)s1. The Labute approximate surface area is 111 Å². The van der Waals surface area contributed by atoms with Gasteiger partial charge in [-0.3, -0.25) is 0 Å². The van der Waals surface area contributed by atoms with Crippen molar-refractivity contribution in [3.8, 4) is 11.3 Å². The first kappa shape index (κ1) is 13.2. The van der Waals surface area contributed by atoms with Crippen molar-refractivity contribution in [3.63, 3.8) is 0 Å². The van der Waals surface area contributed by atoms with Crippen LogP contribution in [0.5, 0.6) is 0 Å². The van der Waals surface area contributed by atoms with Crippen molar-refractivity contribution in [1.82, 2.24) is 4.98 Å². The van der Waals surface area contributed by atoms with Crippen LogP contribution in [0.15, 0.2) is 24.3 Å². The summed E-state index contributed by atoms with van der Waals surface area (Å²) in [5.74, 6) is -0.222. The topological polar surface area (TPSA) is 38.9 Å². The monoisotopic (exact) mass is 264 g/mol. The molecule has 1 unspecified atom stereocenters. The lowest BCUT2D eigenvalue weighted by Gasteiger charge is -2.04. The van der Waals surface area contributed by atoms with Crippen LogP contribution >= 0.6 is 11.3 Å². The Balaban J connectivity index is 2.26. The number of hydrogen-bond acceptors (Lipinski definition) is 3. The molecule has 1 atom stereocenters. The molecule has 0 saturated carbocycles. The molecule has 2 N–H and O–H groups in total. The molecule has 0 aliphatic carbocycles. The molecular weight excluding hydrogens is 247 g/mol. The van der Waals surface area contributed by atoms with Crippen LogP contribution < -0.4 is 5.73 Å². The first-order valence-electron chi connectivity index (χ1n) is 6.08. The molecule has 96 valence electrons. The average molecular weight is 264 g/mol. The minimum absolute atomic E-state index is 0.164. The fraction of sp³-hybridized carbons (Fsp3) is 0.357. The van der Waals surface area contributed by atoms with E-state index in [1.807, 2.05) is 6.92 Å². The number of hydrogen-bond donors (Lipinski definition) is 1. The van der Waals surface area contributed by atoms with E-state index in [4.69, 9.17) is 5.73 Å². The number of benzene rings is 1. The summed E-state index contributed by atoms with van der Waals surface area (Å²) in [6, 6.07) is 6.62. The van der Waals surface area contributed by atoms with Gasteiger partial charge in [-0.15, -0.1) is 11.3 Å². The van der Waals surface area contributed by atoms with Gasteiger partial charge in [0.2, 0.25) is 0 Å². The van der Waals surface area contributed by atoms with Gasteiger partial charge < -0.3 is 5.73 Å². The predicted octanol–water partition coefficient (Wildman–Crippen LogP) is 3.54. The molecule has 2 aromatic rings. The van der Waals surface area contributed by atoms with Crippen molar-refractivity contribution in [3.05, 3.63) is 40.0 Å². The van der Waals surface area contributed by atoms with Crippen LogP contribution in [0.2, 0.25) is 0 Å². The molecule has 0 radical (unpaired) electrons. The number of rotatable bonds is 4. The van der Waals surface area contributed by atoms with E-state index in [1.54, 1.807) is 23.5 Å². The summed E-state index contributed by atoms with van der Waals surface area (Å²) in [4.78, 5) is 5.77. The molecule has 0 amide bonds. The highest BCUT2D eigenvalue weighted by molar-refractivity contribution is 7.12. The summed E-state index contributed by atoms with van der Waals surface area (Å²) >= 11 is 1.67. The zero-order valence-electron chi connectivity index (χ0n) is 10.6. The van der Waals surface area contributed by atoms with Gasteiger partial charge in [0.1, 0.15) is 5.82 Å². The van der Waals surface area contributed by atoms with Gasteiger partial charge >= 0.3 is 0 Å². The second-order valence-electron chi connectivity index (χ2n) is 4.39. The van der Waals surface area contributed by atoms with Gasteiger partial charge in [0, 0.05) is 22.9 Å². The van der Waals surface area contributed by atoms with Gasteiger partial charge in [0.05, 0.1) is 10.7 Å². The molecule has 2 nitrogen and oxygen atoms in total. The molecule has 2 rings (SSSR count). The normalized spacial score (nSPS) is 12.7. The van der Waals surface area contributed by atoms with E-state index in [0.717, 1.165) is 34.0 Å². The predicted molar refractivity (Wildman–Crippen MR) is 74.2 cm³/mol. The van der Waals surface area contributed by atoms with E-state index in [9.17, 15) is 4.39 Å². The van der Waals surface area contributed by atoms with Crippen LogP contribution in [-0.2, 0) is 6.42 Å². The third kappa shape index (κ3) is 2.94. The van der Waals surface area contributed by atoms with Crippen molar-refractivity contribution >= 4 is 11.3 Å². The molecule has 4 heteroatoms. The number of nitrogens with zero attached hydrogens (tertiary/aromatic N) is 1. The second-order valence-corrected chi connectivity index (χ2v) is 5.68. The highest BCUT2D eigenvalue weighted by Gasteiger charge is 2.11. The molecule has 0 bridgehead atoms. The summed E-state index contributed by atoms with van der Waals surface area (Å²) in [6.45, 7) is 4.11. The summed E-state index contributed by atoms with van der Waals surface area (Å²) in [5.41, 5.74) is 7.84. The standard InChI is InChI=1S/C14H17FN2S/c1-3-12(16)8-13-17-14(9(2)18-13)10-4-6-11(15)7-5-10/h4-7,12H,3,8,16H2,1-2H3. The van der Waals surface area contributed by atoms with Crippen molar-refractivity contribution in [1.29, 1.82) is 0 Å². The fourth-order valence-electron chi connectivity index (χ4n) is 1.78. The van der Waals surface area contributed by atoms with Gasteiger partial charge in [-0.1, -0.05) is 6.92 Å².